The van der Waals surface area contributed by atoms with E-state index in [0.29, 0.717) is 5.95 Å². The Morgan fingerprint density at radius 2 is 1.82 bits per heavy atom. The largest absolute Gasteiger partial charge is 0.363 e. The summed E-state index contributed by atoms with van der Waals surface area (Å²) in [5.41, 5.74) is 6.32. The number of likely N-dealkylation sites (tertiary alicyclic amines) is 1. The maximum Gasteiger partial charge on any atom is 0.282 e. The molecule has 1 N–H and O–H groups in total. The van der Waals surface area contributed by atoms with Crippen LogP contribution >= 0.6 is 0 Å². The van der Waals surface area contributed by atoms with Crippen molar-refractivity contribution in [3.63, 3.8) is 0 Å². The SMILES string of the molecule is C=C(C1CCC(Nc2ncc3c(-c4ccc(N=C(C)C)c(C)n4)ccn3n2)CC1)N1CC(F)(F)C1.CCC(F)F. The van der Waals surface area contributed by atoms with Gasteiger partial charge in [-0.1, -0.05) is 13.5 Å². The molecule has 2 fully saturated rings. The van der Waals surface area contributed by atoms with Crippen LogP contribution in [0.2, 0.25) is 0 Å². The first kappa shape index (κ1) is 29.5. The lowest BCUT2D eigenvalue weighted by Gasteiger charge is -2.45. The van der Waals surface area contributed by atoms with Crippen molar-refractivity contribution in [3.05, 3.63) is 48.6 Å². The number of aryl methyl sites for hydroxylation is 1. The number of aromatic nitrogens is 4. The molecule has 0 aromatic carbocycles. The maximum atomic E-state index is 13.2. The van der Waals surface area contributed by atoms with Gasteiger partial charge < -0.3 is 10.2 Å². The van der Waals surface area contributed by atoms with Crippen molar-refractivity contribution >= 4 is 22.9 Å². The van der Waals surface area contributed by atoms with Gasteiger partial charge in [0.2, 0.25) is 12.4 Å². The molecule has 0 spiro atoms. The number of aliphatic imine (C=N–C) groups is 1. The van der Waals surface area contributed by atoms with Crippen LogP contribution in [-0.4, -0.2) is 61.7 Å². The van der Waals surface area contributed by atoms with Crippen molar-refractivity contribution in [3.8, 4) is 11.3 Å². The quantitative estimate of drug-likeness (QED) is 0.243. The van der Waals surface area contributed by atoms with Crippen LogP contribution in [-0.2, 0) is 0 Å². The van der Waals surface area contributed by atoms with Gasteiger partial charge in [-0.3, -0.25) is 9.98 Å². The molecule has 7 nitrogen and oxygen atoms in total. The minimum Gasteiger partial charge on any atom is -0.363 e. The van der Waals surface area contributed by atoms with E-state index in [4.69, 9.17) is 4.98 Å². The fraction of sp³-hybridized carbons (Fsp3) is 0.517. The molecule has 0 radical (unpaired) electrons. The van der Waals surface area contributed by atoms with Crippen molar-refractivity contribution in [2.45, 2.75) is 78.2 Å². The predicted octanol–water partition coefficient (Wildman–Crippen LogP) is 7.31. The molecule has 3 aromatic heterocycles. The summed E-state index contributed by atoms with van der Waals surface area (Å²) >= 11 is 0. The number of hydrogen-bond donors (Lipinski definition) is 1. The smallest absolute Gasteiger partial charge is 0.282 e. The molecule has 2 aliphatic rings. The van der Waals surface area contributed by atoms with Gasteiger partial charge in [0.05, 0.1) is 41.9 Å². The molecule has 0 unspecified atom stereocenters. The van der Waals surface area contributed by atoms with Crippen LogP contribution in [0.25, 0.3) is 16.8 Å². The molecule has 1 aliphatic carbocycles. The molecule has 1 aliphatic heterocycles. The molecule has 11 heteroatoms. The molecule has 1 saturated carbocycles. The molecular weight excluding hydrogens is 522 g/mol. The lowest BCUT2D eigenvalue weighted by atomic mass is 9.83. The molecule has 216 valence electrons. The molecule has 0 bridgehead atoms. The standard InChI is InChI=1S/C26H31F2N7.C3H6F2/c1-16(2)30-22-9-10-23(31-17(22)3)21-11-12-35-24(21)13-29-25(33-35)32-20-7-5-19(6-8-20)18(4)34-14-26(27,28)15-34;1-2-3(4)5/h9-13,19-20H,4-8,14-15H2,1-3H3,(H,32,33);3H,2H2,1H3. The zero-order chi connectivity index (χ0) is 29.0. The van der Waals surface area contributed by atoms with Crippen LogP contribution in [0, 0.1) is 12.8 Å². The van der Waals surface area contributed by atoms with Crippen LogP contribution in [0.1, 0.15) is 58.6 Å². The van der Waals surface area contributed by atoms with Crippen molar-refractivity contribution in [1.29, 1.82) is 0 Å². The average molecular weight is 560 g/mol. The van der Waals surface area contributed by atoms with Crippen LogP contribution < -0.4 is 5.32 Å². The van der Waals surface area contributed by atoms with Gasteiger partial charge >= 0.3 is 0 Å². The van der Waals surface area contributed by atoms with Gasteiger partial charge in [0, 0.05) is 35.6 Å². The third-order valence-electron chi connectivity index (χ3n) is 7.19. The van der Waals surface area contributed by atoms with E-state index >= 15 is 0 Å². The topological polar surface area (TPSA) is 70.7 Å². The fourth-order valence-electron chi connectivity index (χ4n) is 4.97. The highest BCUT2D eigenvalue weighted by atomic mass is 19.3. The van der Waals surface area contributed by atoms with E-state index in [1.165, 1.54) is 6.92 Å². The highest BCUT2D eigenvalue weighted by molar-refractivity contribution is 5.83. The number of pyridine rings is 1. The van der Waals surface area contributed by atoms with Gasteiger partial charge in [-0.25, -0.2) is 27.1 Å². The van der Waals surface area contributed by atoms with Crippen LogP contribution in [0.5, 0.6) is 0 Å². The van der Waals surface area contributed by atoms with E-state index in [1.807, 2.05) is 55.9 Å². The number of halogens is 4. The van der Waals surface area contributed by atoms with Gasteiger partial charge in [-0.05, 0) is 70.6 Å². The van der Waals surface area contributed by atoms with E-state index in [1.54, 1.807) is 4.90 Å². The number of fused-ring (bicyclic) bond motifs is 1. The minimum absolute atomic E-state index is 0.0278. The minimum atomic E-state index is -2.56. The zero-order valence-electron chi connectivity index (χ0n) is 23.5. The van der Waals surface area contributed by atoms with Gasteiger partial charge in [0.15, 0.2) is 0 Å². The van der Waals surface area contributed by atoms with Crippen molar-refractivity contribution in [1.82, 2.24) is 24.5 Å². The van der Waals surface area contributed by atoms with E-state index in [0.717, 1.165) is 65.2 Å². The Bertz CT molecular complexity index is 1350. The van der Waals surface area contributed by atoms with E-state index in [2.05, 4.69) is 27.0 Å². The van der Waals surface area contributed by atoms with Crippen molar-refractivity contribution in [2.75, 3.05) is 18.4 Å². The van der Waals surface area contributed by atoms with Gasteiger partial charge in [0.25, 0.3) is 5.92 Å². The second-order valence-corrected chi connectivity index (χ2v) is 10.7. The Kier molecular flexibility index (Phi) is 9.10. The Labute approximate surface area is 232 Å². The lowest BCUT2D eigenvalue weighted by Crippen LogP contribution is -2.56. The first-order chi connectivity index (χ1) is 19.0. The average Bonchev–Trinajstić information content (AvgIpc) is 3.32. The first-order valence-corrected chi connectivity index (χ1v) is 13.7. The molecule has 0 amide bonds. The number of hydrogen-bond acceptors (Lipinski definition) is 6. The Morgan fingerprint density at radius 1 is 1.15 bits per heavy atom. The van der Waals surface area contributed by atoms with Gasteiger partial charge in [-0.2, -0.15) is 0 Å². The van der Waals surface area contributed by atoms with Crippen molar-refractivity contribution in [2.24, 2.45) is 10.9 Å². The second-order valence-electron chi connectivity index (χ2n) is 10.7. The summed E-state index contributed by atoms with van der Waals surface area (Å²) in [6, 6.07) is 6.22. The number of alkyl halides is 4. The van der Waals surface area contributed by atoms with E-state index in [9.17, 15) is 17.6 Å². The molecule has 4 heterocycles. The predicted molar refractivity (Wildman–Crippen MR) is 151 cm³/mol. The van der Waals surface area contributed by atoms with Crippen molar-refractivity contribution < 1.29 is 17.6 Å². The second kappa shape index (κ2) is 12.3. The Morgan fingerprint density at radius 3 is 2.40 bits per heavy atom. The summed E-state index contributed by atoms with van der Waals surface area (Å²) in [6.45, 7) is 11.1. The van der Waals surface area contributed by atoms with Gasteiger partial charge in [-0.15, -0.1) is 5.10 Å². The Hall–Kier alpha value is -3.50. The van der Waals surface area contributed by atoms with Crippen LogP contribution in [0.4, 0.5) is 29.2 Å². The molecule has 0 atom stereocenters. The maximum absolute atomic E-state index is 13.2. The van der Waals surface area contributed by atoms with Gasteiger partial charge in [0.1, 0.15) is 0 Å². The molecule has 1 saturated heterocycles. The summed E-state index contributed by atoms with van der Waals surface area (Å²) in [5, 5.41) is 8.10. The highest BCUT2D eigenvalue weighted by Gasteiger charge is 2.45. The molecule has 40 heavy (non-hydrogen) atoms. The number of allylic oxidation sites excluding steroid dienone is 1. The Balaban J connectivity index is 0.000000681. The van der Waals surface area contributed by atoms with E-state index < -0.39 is 12.3 Å². The first-order valence-electron chi connectivity index (χ1n) is 13.7. The highest BCUT2D eigenvalue weighted by Crippen LogP contribution is 2.37. The van der Waals surface area contributed by atoms with E-state index in [-0.39, 0.29) is 31.5 Å². The summed E-state index contributed by atoms with van der Waals surface area (Å²) in [6.07, 6.45) is 5.31. The summed E-state index contributed by atoms with van der Waals surface area (Å²) in [7, 11) is 0. The summed E-state index contributed by atoms with van der Waals surface area (Å²) < 4.78 is 49.7. The summed E-state index contributed by atoms with van der Waals surface area (Å²) in [4.78, 5) is 15.5. The molecular formula is C29H37F4N7. The van der Waals surface area contributed by atoms with Crippen LogP contribution in [0.15, 0.2) is 47.9 Å². The number of anilines is 1. The molecule has 3 aromatic rings. The lowest BCUT2D eigenvalue weighted by molar-refractivity contribution is -0.120. The fourth-order valence-corrected chi connectivity index (χ4v) is 4.97. The zero-order valence-corrected chi connectivity index (χ0v) is 23.5. The normalized spacial score (nSPS) is 20.0. The third-order valence-corrected chi connectivity index (χ3v) is 7.19. The third kappa shape index (κ3) is 7.17. The molecule has 5 rings (SSSR count). The number of nitrogens with zero attached hydrogens (tertiary/aromatic N) is 6. The van der Waals surface area contributed by atoms with Crippen LogP contribution in [0.3, 0.4) is 0 Å². The number of nitrogens with one attached hydrogen (secondary N) is 1. The summed E-state index contributed by atoms with van der Waals surface area (Å²) in [5.74, 6) is -1.71. The monoisotopic (exact) mass is 559 g/mol. The number of rotatable bonds is 7.